The first kappa shape index (κ1) is 16.7. The summed E-state index contributed by atoms with van der Waals surface area (Å²) in [4.78, 5) is 34.9. The van der Waals surface area contributed by atoms with Crippen LogP contribution < -0.4 is 11.1 Å². The zero-order valence-corrected chi connectivity index (χ0v) is 13.0. The molecule has 0 atom stereocenters. The third-order valence-electron chi connectivity index (χ3n) is 3.18. The molecule has 0 aliphatic heterocycles. The largest absolute Gasteiger partial charge is 0.366 e. The van der Waals surface area contributed by atoms with Crippen LogP contribution in [0.3, 0.4) is 0 Å². The van der Waals surface area contributed by atoms with E-state index in [-0.39, 0.29) is 24.5 Å². The molecule has 6 heteroatoms. The van der Waals surface area contributed by atoms with Crippen LogP contribution in [-0.4, -0.2) is 17.6 Å². The number of hydrogen-bond acceptors (Lipinski definition) is 3. The maximum Gasteiger partial charge on any atom is 0.248 e. The molecule has 3 N–H and O–H groups in total. The van der Waals surface area contributed by atoms with Gasteiger partial charge >= 0.3 is 0 Å². The molecule has 0 bridgehead atoms. The van der Waals surface area contributed by atoms with Crippen LogP contribution in [0, 0.1) is 0 Å². The van der Waals surface area contributed by atoms with E-state index >= 15 is 0 Å². The Hall–Kier alpha value is -2.66. The van der Waals surface area contributed by atoms with Crippen LogP contribution in [0.25, 0.3) is 0 Å². The van der Waals surface area contributed by atoms with Crippen molar-refractivity contribution in [3.05, 3.63) is 64.7 Å². The zero-order chi connectivity index (χ0) is 16.8. The van der Waals surface area contributed by atoms with E-state index in [2.05, 4.69) is 5.32 Å². The number of hydrogen-bond donors (Lipinski definition) is 2. The first-order valence-corrected chi connectivity index (χ1v) is 7.32. The fraction of sp³-hybridized carbons (Fsp3) is 0.118. The van der Waals surface area contributed by atoms with Crippen LogP contribution >= 0.6 is 11.6 Å². The van der Waals surface area contributed by atoms with Crippen LogP contribution in [-0.2, 0) is 4.79 Å². The summed E-state index contributed by atoms with van der Waals surface area (Å²) in [5.74, 6) is -1.02. The number of carbonyl (C=O) groups excluding carboxylic acids is 3. The fourth-order valence-electron chi connectivity index (χ4n) is 1.98. The topological polar surface area (TPSA) is 89.3 Å². The summed E-state index contributed by atoms with van der Waals surface area (Å²) in [6.45, 7) is 0. The lowest BCUT2D eigenvalue weighted by Gasteiger charge is -2.06. The van der Waals surface area contributed by atoms with Gasteiger partial charge in [-0.15, -0.1) is 0 Å². The Morgan fingerprint density at radius 2 is 1.65 bits per heavy atom. The quantitative estimate of drug-likeness (QED) is 0.798. The van der Waals surface area contributed by atoms with Crippen LogP contribution in [0.2, 0.25) is 5.02 Å². The molecule has 0 aliphatic rings. The summed E-state index contributed by atoms with van der Waals surface area (Å²) >= 11 is 5.76. The molecule has 23 heavy (non-hydrogen) atoms. The third-order valence-corrected chi connectivity index (χ3v) is 3.43. The summed E-state index contributed by atoms with van der Waals surface area (Å²) in [6, 6.07) is 12.8. The number of carbonyl (C=O) groups is 3. The van der Waals surface area contributed by atoms with Crippen molar-refractivity contribution in [2.45, 2.75) is 12.8 Å². The highest BCUT2D eigenvalue weighted by Gasteiger charge is 2.10. The van der Waals surface area contributed by atoms with Gasteiger partial charge in [0.15, 0.2) is 5.78 Å². The molecule has 2 rings (SSSR count). The standard InChI is InChI=1S/C17H15ClN2O3/c18-13-6-4-11(5-7-13)15(21)8-9-16(22)20-14-3-1-2-12(10-14)17(19)23/h1-7,10H,8-9H2,(H2,19,23)(H,20,22). The summed E-state index contributed by atoms with van der Waals surface area (Å²) in [5.41, 5.74) is 6.46. The van der Waals surface area contributed by atoms with Crippen LogP contribution in [0.1, 0.15) is 33.6 Å². The molecule has 0 saturated carbocycles. The first-order chi connectivity index (χ1) is 11.0. The average Bonchev–Trinajstić information content (AvgIpc) is 2.53. The second-order valence-electron chi connectivity index (χ2n) is 4.92. The van der Waals surface area contributed by atoms with E-state index < -0.39 is 5.91 Å². The molecule has 0 fully saturated rings. The number of nitrogens with one attached hydrogen (secondary N) is 1. The van der Waals surface area contributed by atoms with Gasteiger partial charge in [0.05, 0.1) is 0 Å². The number of nitrogens with two attached hydrogens (primary N) is 1. The van der Waals surface area contributed by atoms with E-state index in [0.717, 1.165) is 0 Å². The second kappa shape index (κ2) is 7.56. The monoisotopic (exact) mass is 330 g/mol. The minimum atomic E-state index is -0.570. The number of benzene rings is 2. The van der Waals surface area contributed by atoms with Crippen LogP contribution in [0.4, 0.5) is 5.69 Å². The third kappa shape index (κ3) is 4.93. The van der Waals surface area contributed by atoms with Gasteiger partial charge in [0.1, 0.15) is 0 Å². The number of halogens is 1. The minimum Gasteiger partial charge on any atom is -0.366 e. The Labute approximate surface area is 138 Å². The van der Waals surface area contributed by atoms with Crippen molar-refractivity contribution in [3.8, 4) is 0 Å². The van der Waals surface area contributed by atoms with E-state index in [1.54, 1.807) is 42.5 Å². The molecular weight excluding hydrogens is 316 g/mol. The molecule has 0 heterocycles. The molecule has 0 radical (unpaired) electrons. The van der Waals surface area contributed by atoms with Crippen molar-refractivity contribution >= 4 is 34.9 Å². The average molecular weight is 331 g/mol. The van der Waals surface area contributed by atoms with Gasteiger partial charge in [-0.2, -0.15) is 0 Å². The van der Waals surface area contributed by atoms with E-state index in [0.29, 0.717) is 21.8 Å². The van der Waals surface area contributed by atoms with Gasteiger partial charge in [-0.25, -0.2) is 0 Å². The molecule has 5 nitrogen and oxygen atoms in total. The Morgan fingerprint density at radius 1 is 0.957 bits per heavy atom. The predicted octanol–water partition coefficient (Wildman–Crippen LogP) is 3.04. The van der Waals surface area contributed by atoms with Crippen molar-refractivity contribution in [2.75, 3.05) is 5.32 Å². The number of rotatable bonds is 6. The van der Waals surface area contributed by atoms with E-state index in [1.165, 1.54) is 6.07 Å². The SMILES string of the molecule is NC(=O)c1cccc(NC(=O)CCC(=O)c2ccc(Cl)cc2)c1. The molecular formula is C17H15ClN2O3. The van der Waals surface area contributed by atoms with Crippen molar-refractivity contribution < 1.29 is 14.4 Å². The lowest BCUT2D eigenvalue weighted by Crippen LogP contribution is -2.15. The molecule has 2 amide bonds. The number of anilines is 1. The predicted molar refractivity (Wildman–Crippen MR) is 88.6 cm³/mol. The molecule has 0 aliphatic carbocycles. The van der Waals surface area contributed by atoms with Crippen molar-refractivity contribution in [3.63, 3.8) is 0 Å². The Morgan fingerprint density at radius 3 is 2.30 bits per heavy atom. The summed E-state index contributed by atoms with van der Waals surface area (Å²) in [7, 11) is 0. The highest BCUT2D eigenvalue weighted by Crippen LogP contribution is 2.13. The van der Waals surface area contributed by atoms with Crippen molar-refractivity contribution in [1.29, 1.82) is 0 Å². The Bertz CT molecular complexity index is 742. The van der Waals surface area contributed by atoms with Crippen LogP contribution in [0.5, 0.6) is 0 Å². The number of Topliss-reactive ketones (excluding diaryl/α,β-unsaturated/α-hetero) is 1. The normalized spacial score (nSPS) is 10.1. The van der Waals surface area contributed by atoms with Gasteiger partial charge in [-0.1, -0.05) is 17.7 Å². The zero-order valence-electron chi connectivity index (χ0n) is 12.2. The summed E-state index contributed by atoms with van der Waals surface area (Å²) < 4.78 is 0. The van der Waals surface area contributed by atoms with Gasteiger partial charge in [0.2, 0.25) is 11.8 Å². The summed E-state index contributed by atoms with van der Waals surface area (Å²) in [5, 5.41) is 3.18. The summed E-state index contributed by atoms with van der Waals surface area (Å²) in [6.07, 6.45) is 0.130. The van der Waals surface area contributed by atoms with Gasteiger partial charge in [0, 0.05) is 34.7 Å². The molecule has 0 aromatic heterocycles. The van der Waals surface area contributed by atoms with Crippen molar-refractivity contribution in [1.82, 2.24) is 0 Å². The molecule has 2 aromatic rings. The van der Waals surface area contributed by atoms with E-state index in [9.17, 15) is 14.4 Å². The Kier molecular flexibility index (Phi) is 5.49. The molecule has 0 saturated heterocycles. The molecule has 0 spiro atoms. The number of primary amides is 1. The van der Waals surface area contributed by atoms with Gasteiger partial charge in [-0.3, -0.25) is 14.4 Å². The van der Waals surface area contributed by atoms with E-state index in [4.69, 9.17) is 17.3 Å². The minimum absolute atomic E-state index is 0.0439. The lowest BCUT2D eigenvalue weighted by atomic mass is 10.1. The van der Waals surface area contributed by atoms with Gasteiger partial charge in [-0.05, 0) is 42.5 Å². The lowest BCUT2D eigenvalue weighted by molar-refractivity contribution is -0.116. The number of ketones is 1. The van der Waals surface area contributed by atoms with Gasteiger partial charge < -0.3 is 11.1 Å². The highest BCUT2D eigenvalue weighted by atomic mass is 35.5. The van der Waals surface area contributed by atoms with Crippen LogP contribution in [0.15, 0.2) is 48.5 Å². The second-order valence-corrected chi connectivity index (χ2v) is 5.36. The van der Waals surface area contributed by atoms with Crippen molar-refractivity contribution in [2.24, 2.45) is 5.73 Å². The van der Waals surface area contributed by atoms with E-state index in [1.807, 2.05) is 0 Å². The maximum atomic E-state index is 12.0. The fourth-order valence-corrected chi connectivity index (χ4v) is 2.11. The first-order valence-electron chi connectivity index (χ1n) is 6.94. The van der Waals surface area contributed by atoms with Gasteiger partial charge in [0.25, 0.3) is 0 Å². The Balaban J connectivity index is 1.90. The number of amides is 2. The highest BCUT2D eigenvalue weighted by molar-refractivity contribution is 6.30. The molecule has 0 unspecified atom stereocenters. The molecule has 118 valence electrons. The maximum absolute atomic E-state index is 12.0. The molecule has 2 aromatic carbocycles. The smallest absolute Gasteiger partial charge is 0.248 e.